The number of nitrogens with zero attached hydrogens (tertiary/aromatic N) is 1. The van der Waals surface area contributed by atoms with Crippen molar-refractivity contribution >= 4 is 69.6 Å². The van der Waals surface area contributed by atoms with E-state index in [0.29, 0.717) is 13.1 Å². The van der Waals surface area contributed by atoms with E-state index in [1.165, 1.54) is 63.4 Å². The Hall–Kier alpha value is -0.140. The monoisotopic (exact) mass is 661 g/mol. The van der Waals surface area contributed by atoms with Crippen molar-refractivity contribution in [3.63, 3.8) is 0 Å². The Bertz CT molecular complexity index is 848. The third-order valence-corrected chi connectivity index (χ3v) is 9.23. The van der Waals surface area contributed by atoms with Crippen LogP contribution in [0.4, 0.5) is 0 Å². The Labute approximate surface area is 264 Å². The van der Waals surface area contributed by atoms with Crippen LogP contribution in [0.15, 0.2) is 24.3 Å². The van der Waals surface area contributed by atoms with Gasteiger partial charge < -0.3 is 19.8 Å². The average Bonchev–Trinajstić information content (AvgIpc) is 2.93. The van der Waals surface area contributed by atoms with E-state index in [4.69, 9.17) is 69.6 Å². The molecule has 0 aliphatic heterocycles. The van der Waals surface area contributed by atoms with Crippen LogP contribution in [0.2, 0.25) is 30.1 Å². The van der Waals surface area contributed by atoms with Gasteiger partial charge in [0.2, 0.25) is 0 Å². The molecule has 0 spiro atoms. The van der Waals surface area contributed by atoms with Crippen molar-refractivity contribution < 1.29 is 19.8 Å². The van der Waals surface area contributed by atoms with Crippen LogP contribution in [-0.4, -0.2) is 47.5 Å². The molecule has 4 nitrogen and oxygen atoms in total. The first-order chi connectivity index (χ1) is 18.6. The van der Waals surface area contributed by atoms with Crippen LogP contribution in [0.25, 0.3) is 0 Å². The summed E-state index contributed by atoms with van der Waals surface area (Å²) in [5, 5.41) is 30.4. The predicted molar refractivity (Wildman–Crippen MR) is 167 cm³/mol. The van der Waals surface area contributed by atoms with Crippen molar-refractivity contribution in [3.05, 3.63) is 60.0 Å². The lowest BCUT2D eigenvalue weighted by molar-refractivity contribution is -0.941. The molecule has 0 unspecified atom stereocenters. The van der Waals surface area contributed by atoms with Gasteiger partial charge in [0, 0.05) is 10.6 Å². The Kier molecular flexibility index (Phi) is 19.6. The highest BCUT2D eigenvalue weighted by molar-refractivity contribution is 6.55. The first-order valence-electron chi connectivity index (χ1n) is 13.6. The minimum Gasteiger partial charge on any atom is -0.870 e. The molecule has 39 heavy (non-hydrogen) atoms. The van der Waals surface area contributed by atoms with Gasteiger partial charge in [-0.1, -0.05) is 146 Å². The molecule has 2 N–H and O–H groups in total. The number of hydrogen-bond acceptors (Lipinski definition) is 3. The van der Waals surface area contributed by atoms with Gasteiger partial charge in [-0.25, -0.2) is 0 Å². The number of quaternary nitrogens is 1. The van der Waals surface area contributed by atoms with Gasteiger partial charge in [-0.15, -0.1) is 0 Å². The summed E-state index contributed by atoms with van der Waals surface area (Å²) < 4.78 is 0.756. The largest absolute Gasteiger partial charge is 0.870 e. The lowest BCUT2D eigenvalue weighted by Gasteiger charge is -2.38. The molecule has 0 bridgehead atoms. The molecule has 10 heteroatoms. The van der Waals surface area contributed by atoms with Gasteiger partial charge in [-0.3, -0.25) is 0 Å². The van der Waals surface area contributed by atoms with Crippen molar-refractivity contribution in [2.24, 2.45) is 0 Å². The molecule has 2 aromatic rings. The van der Waals surface area contributed by atoms with Crippen LogP contribution in [-0.2, 0) is 6.54 Å². The molecule has 0 saturated carbocycles. The van der Waals surface area contributed by atoms with Crippen LogP contribution in [0, 0.1) is 0 Å². The molecule has 0 aliphatic rings. The number of benzene rings is 2. The summed E-state index contributed by atoms with van der Waals surface area (Å²) in [5.41, 5.74) is 1.22. The normalized spacial score (nSPS) is 11.4. The third-order valence-electron chi connectivity index (χ3n) is 6.74. The van der Waals surface area contributed by atoms with E-state index < -0.39 is 5.75 Å². The summed E-state index contributed by atoms with van der Waals surface area (Å²) in [6, 6.07) is 7.96. The van der Waals surface area contributed by atoms with E-state index in [-0.39, 0.29) is 38.3 Å². The van der Waals surface area contributed by atoms with Gasteiger partial charge in [0.15, 0.2) is 0 Å². The smallest absolute Gasteiger partial charge is 0.104 e. The van der Waals surface area contributed by atoms with Gasteiger partial charge >= 0.3 is 0 Å². The minimum atomic E-state index is -0.613. The Balaban J connectivity index is 0.000000525. The van der Waals surface area contributed by atoms with Gasteiger partial charge in [0.25, 0.3) is 0 Å². The predicted octanol–water partition coefficient (Wildman–Crippen LogP) is 9.59. The minimum absolute atomic E-state index is 0.00654. The number of aliphatic hydroxyl groups is 2. The highest BCUT2D eigenvalue weighted by Crippen LogP contribution is 2.46. The first-order valence-corrected chi connectivity index (χ1v) is 15.9. The van der Waals surface area contributed by atoms with Gasteiger partial charge in [-0.2, -0.15) is 0 Å². The lowest BCUT2D eigenvalue weighted by Crippen LogP contribution is -2.51. The molecule has 0 heterocycles. The average molecular weight is 664 g/mol. The molecule has 2 aromatic carbocycles. The molecular formula is C29H41Cl6NO3. The van der Waals surface area contributed by atoms with Gasteiger partial charge in [-0.05, 0) is 25.0 Å². The third kappa shape index (κ3) is 13.6. The highest BCUT2D eigenvalue weighted by Gasteiger charge is 2.26. The van der Waals surface area contributed by atoms with E-state index in [1.54, 1.807) is 0 Å². The maximum atomic E-state index is 11.1. The van der Waals surface area contributed by atoms with Crippen LogP contribution in [0.3, 0.4) is 0 Å². The molecular weight excluding hydrogens is 623 g/mol. The summed E-state index contributed by atoms with van der Waals surface area (Å²) in [6.07, 6.45) is 13.3. The molecule has 0 aromatic heterocycles. The van der Waals surface area contributed by atoms with E-state index in [2.05, 4.69) is 19.1 Å². The van der Waals surface area contributed by atoms with Gasteiger partial charge in [0.05, 0.1) is 44.9 Å². The summed E-state index contributed by atoms with van der Waals surface area (Å²) >= 11 is 33.7. The lowest BCUT2D eigenvalue weighted by atomic mass is 10.1. The second-order valence-corrected chi connectivity index (χ2v) is 12.2. The standard InChI is InChI=1S/C23H41ClNO2.C6HCl5O/c1-2-3-4-5-6-7-8-9-10-11-16-25(17-19-26,18-20-27)21-22-12-14-23(24)15-13-22;7-1-2(8)4(10)6(12)5(11)3(1)9/h12-15,26-27H,2-11,16-21H2,1H3;12H/q+1;/p-1. The fourth-order valence-corrected chi connectivity index (χ4v) is 5.74. The number of rotatable bonds is 17. The van der Waals surface area contributed by atoms with Crippen molar-refractivity contribution in [2.45, 2.75) is 77.7 Å². The second kappa shape index (κ2) is 20.7. The van der Waals surface area contributed by atoms with Crippen LogP contribution in [0.1, 0.15) is 76.7 Å². The summed E-state index contributed by atoms with van der Waals surface area (Å²) in [7, 11) is 0. The zero-order valence-corrected chi connectivity index (χ0v) is 27.2. The maximum absolute atomic E-state index is 11.1. The van der Waals surface area contributed by atoms with E-state index in [9.17, 15) is 15.3 Å². The Morgan fingerprint density at radius 2 is 1.00 bits per heavy atom. The molecule has 0 saturated heterocycles. The maximum Gasteiger partial charge on any atom is 0.104 e. The van der Waals surface area contributed by atoms with E-state index >= 15 is 0 Å². The molecule has 0 aliphatic carbocycles. The fraction of sp³-hybridized carbons (Fsp3) is 0.586. The molecule has 0 amide bonds. The quantitative estimate of drug-likeness (QED) is 0.0767. The SMILES string of the molecule is CCCCCCCCCCCC[N+](CCO)(CCO)Cc1ccc(Cl)cc1.[O-]c1c(Cl)c(Cl)c(Cl)c(Cl)c1Cl. The van der Waals surface area contributed by atoms with Crippen molar-refractivity contribution in [1.29, 1.82) is 0 Å². The Morgan fingerprint density at radius 3 is 1.44 bits per heavy atom. The number of halogens is 6. The zero-order valence-electron chi connectivity index (χ0n) is 22.6. The number of unbranched alkanes of at least 4 members (excludes halogenated alkanes) is 9. The number of hydrogen-bond donors (Lipinski definition) is 2. The van der Waals surface area contributed by atoms with Crippen molar-refractivity contribution in [2.75, 3.05) is 32.8 Å². The van der Waals surface area contributed by atoms with E-state index in [1.807, 2.05) is 12.1 Å². The molecule has 0 radical (unpaired) electrons. The number of aliphatic hydroxyl groups excluding tert-OH is 2. The summed E-state index contributed by atoms with van der Waals surface area (Å²) in [4.78, 5) is 0. The molecule has 2 rings (SSSR count). The fourth-order valence-electron chi connectivity index (χ4n) is 4.49. The van der Waals surface area contributed by atoms with Crippen LogP contribution < -0.4 is 5.11 Å². The van der Waals surface area contributed by atoms with Crippen molar-refractivity contribution in [3.8, 4) is 5.75 Å². The molecule has 222 valence electrons. The molecule has 0 atom stereocenters. The first kappa shape index (κ1) is 36.9. The second-order valence-electron chi connectivity index (χ2n) is 9.83. The Morgan fingerprint density at radius 1 is 0.590 bits per heavy atom. The van der Waals surface area contributed by atoms with Crippen molar-refractivity contribution in [1.82, 2.24) is 0 Å². The zero-order chi connectivity index (χ0) is 29.3. The summed E-state index contributed by atoms with van der Waals surface area (Å²) in [5.74, 6) is -0.613. The summed E-state index contributed by atoms with van der Waals surface area (Å²) in [6.45, 7) is 5.83. The van der Waals surface area contributed by atoms with Crippen LogP contribution >= 0.6 is 69.6 Å². The van der Waals surface area contributed by atoms with E-state index in [0.717, 1.165) is 29.0 Å². The molecule has 0 fully saturated rings. The highest BCUT2D eigenvalue weighted by atomic mass is 35.5. The van der Waals surface area contributed by atoms with Crippen LogP contribution in [0.5, 0.6) is 5.75 Å². The topological polar surface area (TPSA) is 63.5 Å². The van der Waals surface area contributed by atoms with Gasteiger partial charge in [0.1, 0.15) is 19.6 Å².